The van der Waals surface area contributed by atoms with Crippen molar-refractivity contribution in [2.24, 2.45) is 11.8 Å². The molecule has 0 aromatic carbocycles. The van der Waals surface area contributed by atoms with Crippen LogP contribution >= 0.6 is 0 Å². The first kappa shape index (κ1) is 16.7. The molecule has 5 heteroatoms. The second-order valence-corrected chi connectivity index (χ2v) is 5.63. The van der Waals surface area contributed by atoms with Crippen LogP contribution in [0.5, 0.6) is 0 Å². The Hall–Kier alpha value is -1.36. The Labute approximate surface area is 121 Å². The van der Waals surface area contributed by atoms with Crippen LogP contribution in [0, 0.1) is 11.8 Å². The van der Waals surface area contributed by atoms with E-state index in [9.17, 15) is 9.59 Å². The number of carbonyl (C=O) groups excluding carboxylic acids is 1. The quantitative estimate of drug-likeness (QED) is 0.662. The van der Waals surface area contributed by atoms with Crippen molar-refractivity contribution in [1.29, 1.82) is 0 Å². The second-order valence-electron chi connectivity index (χ2n) is 5.63. The van der Waals surface area contributed by atoms with Crippen molar-refractivity contribution in [2.75, 3.05) is 26.2 Å². The zero-order valence-corrected chi connectivity index (χ0v) is 12.5. The fourth-order valence-electron chi connectivity index (χ4n) is 2.78. The van der Waals surface area contributed by atoms with Gasteiger partial charge in [0.25, 0.3) is 0 Å². The summed E-state index contributed by atoms with van der Waals surface area (Å²) in [5.74, 6) is -0.773. The van der Waals surface area contributed by atoms with Crippen molar-refractivity contribution >= 4 is 11.9 Å². The lowest BCUT2D eigenvalue weighted by atomic mass is 9.96. The minimum atomic E-state index is -0.710. The third kappa shape index (κ3) is 4.96. The first-order valence-corrected chi connectivity index (χ1v) is 7.31. The van der Waals surface area contributed by atoms with Crippen LogP contribution in [-0.2, 0) is 9.59 Å². The van der Waals surface area contributed by atoms with Gasteiger partial charge in [-0.05, 0) is 39.2 Å². The van der Waals surface area contributed by atoms with Crippen molar-refractivity contribution in [3.63, 3.8) is 0 Å². The van der Waals surface area contributed by atoms with Gasteiger partial charge in [0.15, 0.2) is 0 Å². The molecule has 20 heavy (non-hydrogen) atoms. The van der Waals surface area contributed by atoms with E-state index in [1.54, 1.807) is 4.90 Å². The predicted octanol–water partition coefficient (Wildman–Crippen LogP) is 1.50. The van der Waals surface area contributed by atoms with Crippen LogP contribution in [0.2, 0.25) is 0 Å². The van der Waals surface area contributed by atoms with Crippen LogP contribution in [-0.4, -0.2) is 48.1 Å². The van der Waals surface area contributed by atoms with Crippen LogP contribution < -0.4 is 5.32 Å². The Morgan fingerprint density at radius 3 is 2.65 bits per heavy atom. The smallest absolute Gasteiger partial charge is 0.306 e. The average Bonchev–Trinajstić information content (AvgIpc) is 2.84. The number of hydrogen-bond acceptors (Lipinski definition) is 3. The third-order valence-corrected chi connectivity index (χ3v) is 3.85. The lowest BCUT2D eigenvalue weighted by Crippen LogP contribution is -2.40. The molecule has 5 nitrogen and oxygen atoms in total. The molecule has 1 aliphatic rings. The summed E-state index contributed by atoms with van der Waals surface area (Å²) in [6.07, 6.45) is 2.65. The van der Waals surface area contributed by atoms with Crippen molar-refractivity contribution in [2.45, 2.75) is 33.1 Å². The minimum absolute atomic E-state index is 0.0420. The largest absolute Gasteiger partial charge is 0.481 e. The topological polar surface area (TPSA) is 69.6 Å². The maximum atomic E-state index is 12.0. The van der Waals surface area contributed by atoms with E-state index >= 15 is 0 Å². The highest BCUT2D eigenvalue weighted by molar-refractivity contribution is 5.78. The van der Waals surface area contributed by atoms with Crippen LogP contribution in [0.4, 0.5) is 0 Å². The van der Waals surface area contributed by atoms with E-state index in [1.807, 2.05) is 13.8 Å². The molecule has 0 saturated heterocycles. The van der Waals surface area contributed by atoms with Gasteiger partial charge in [-0.2, -0.15) is 0 Å². The predicted molar refractivity (Wildman–Crippen MR) is 78.4 cm³/mol. The van der Waals surface area contributed by atoms with E-state index in [0.29, 0.717) is 19.6 Å². The summed E-state index contributed by atoms with van der Waals surface area (Å²) in [7, 11) is 0. The molecule has 0 spiro atoms. The molecule has 0 heterocycles. The van der Waals surface area contributed by atoms with Crippen molar-refractivity contribution in [3.8, 4) is 0 Å². The van der Waals surface area contributed by atoms with E-state index in [4.69, 9.17) is 5.11 Å². The summed E-state index contributed by atoms with van der Waals surface area (Å²) >= 11 is 0. The lowest BCUT2D eigenvalue weighted by Gasteiger charge is -2.22. The summed E-state index contributed by atoms with van der Waals surface area (Å²) in [4.78, 5) is 24.8. The molecule has 0 bridgehead atoms. The van der Waals surface area contributed by atoms with Crippen LogP contribution in [0.3, 0.4) is 0 Å². The molecule has 1 saturated carbocycles. The Morgan fingerprint density at radius 1 is 1.40 bits per heavy atom. The number of nitrogens with zero attached hydrogens (tertiary/aromatic N) is 1. The molecule has 0 aromatic heterocycles. The maximum Gasteiger partial charge on any atom is 0.306 e. The number of amides is 1. The Kier molecular flexibility index (Phi) is 6.71. The molecule has 2 unspecified atom stereocenters. The number of rotatable bonds is 8. The van der Waals surface area contributed by atoms with Gasteiger partial charge in [-0.1, -0.05) is 18.6 Å². The van der Waals surface area contributed by atoms with Crippen LogP contribution in [0.25, 0.3) is 0 Å². The molecule has 0 radical (unpaired) electrons. The molecular formula is C15H26N2O3. The summed E-state index contributed by atoms with van der Waals surface area (Å²) in [5, 5.41) is 12.2. The van der Waals surface area contributed by atoms with Gasteiger partial charge in [0.2, 0.25) is 5.91 Å². The van der Waals surface area contributed by atoms with Gasteiger partial charge >= 0.3 is 5.97 Å². The molecular weight excluding hydrogens is 256 g/mol. The van der Waals surface area contributed by atoms with Gasteiger partial charge in [-0.25, -0.2) is 0 Å². The number of carboxylic acids is 1. The van der Waals surface area contributed by atoms with Gasteiger partial charge in [0.1, 0.15) is 0 Å². The monoisotopic (exact) mass is 282 g/mol. The van der Waals surface area contributed by atoms with Crippen molar-refractivity contribution < 1.29 is 14.7 Å². The fourth-order valence-corrected chi connectivity index (χ4v) is 2.78. The summed E-state index contributed by atoms with van der Waals surface area (Å²) in [6, 6.07) is 0. The molecule has 1 fully saturated rings. The normalized spacial score (nSPS) is 21.7. The fraction of sp³-hybridized carbons (Fsp3) is 0.733. The highest BCUT2D eigenvalue weighted by atomic mass is 16.4. The first-order chi connectivity index (χ1) is 9.45. The molecule has 2 N–H and O–H groups in total. The highest BCUT2D eigenvalue weighted by Crippen LogP contribution is 2.31. The summed E-state index contributed by atoms with van der Waals surface area (Å²) in [5.41, 5.74) is 0.960. The number of carboxylic acid groups (broad SMARTS) is 1. The van der Waals surface area contributed by atoms with Gasteiger partial charge < -0.3 is 15.3 Å². The maximum absolute atomic E-state index is 12.0. The van der Waals surface area contributed by atoms with Gasteiger partial charge in [0.05, 0.1) is 12.5 Å². The van der Waals surface area contributed by atoms with Crippen LogP contribution in [0.15, 0.2) is 12.2 Å². The van der Waals surface area contributed by atoms with Crippen molar-refractivity contribution in [3.05, 3.63) is 12.2 Å². The average molecular weight is 282 g/mol. The SMILES string of the molecule is C=C(C)CN(CC)C(=O)CNCC1CCCC1C(=O)O. The summed E-state index contributed by atoms with van der Waals surface area (Å²) < 4.78 is 0. The number of carbonyl (C=O) groups is 2. The van der Waals surface area contributed by atoms with E-state index < -0.39 is 5.97 Å². The standard InChI is InChI=1S/C15H26N2O3/c1-4-17(10-11(2)3)14(18)9-16-8-12-6-5-7-13(12)15(19)20/h12-13,16H,2,4-10H2,1,3H3,(H,19,20). The molecule has 1 rings (SSSR count). The highest BCUT2D eigenvalue weighted by Gasteiger charge is 2.32. The number of hydrogen-bond donors (Lipinski definition) is 2. The zero-order valence-electron chi connectivity index (χ0n) is 12.5. The third-order valence-electron chi connectivity index (χ3n) is 3.85. The van der Waals surface area contributed by atoms with Crippen LogP contribution in [0.1, 0.15) is 33.1 Å². The van der Waals surface area contributed by atoms with Gasteiger partial charge in [-0.3, -0.25) is 9.59 Å². The number of nitrogens with one attached hydrogen (secondary N) is 1. The lowest BCUT2D eigenvalue weighted by molar-refractivity contribution is -0.142. The second kappa shape index (κ2) is 8.04. The zero-order chi connectivity index (χ0) is 15.1. The number of likely N-dealkylation sites (N-methyl/N-ethyl adjacent to an activating group) is 1. The molecule has 2 atom stereocenters. The van der Waals surface area contributed by atoms with E-state index in [0.717, 1.165) is 24.8 Å². The van der Waals surface area contributed by atoms with E-state index in [-0.39, 0.29) is 24.3 Å². The molecule has 1 aliphatic carbocycles. The molecule has 1 amide bonds. The Morgan fingerprint density at radius 2 is 2.10 bits per heavy atom. The van der Waals surface area contributed by atoms with E-state index in [1.165, 1.54) is 0 Å². The van der Waals surface area contributed by atoms with Gasteiger partial charge in [0, 0.05) is 13.1 Å². The van der Waals surface area contributed by atoms with Gasteiger partial charge in [-0.15, -0.1) is 0 Å². The van der Waals surface area contributed by atoms with Crippen molar-refractivity contribution in [1.82, 2.24) is 10.2 Å². The Balaban J connectivity index is 2.34. The molecule has 0 aliphatic heterocycles. The first-order valence-electron chi connectivity index (χ1n) is 7.31. The molecule has 0 aromatic rings. The van der Waals surface area contributed by atoms with E-state index in [2.05, 4.69) is 11.9 Å². The minimum Gasteiger partial charge on any atom is -0.481 e. The number of aliphatic carboxylic acids is 1. The molecule has 114 valence electrons. The summed E-state index contributed by atoms with van der Waals surface area (Å²) in [6.45, 7) is 9.78. The Bertz CT molecular complexity index is 368.